The fourth-order valence-corrected chi connectivity index (χ4v) is 1.48. The lowest BCUT2D eigenvalue weighted by Gasteiger charge is -2.16. The lowest BCUT2D eigenvalue weighted by Crippen LogP contribution is -2.26. The minimum Gasteiger partial charge on any atom is -0.281 e. The van der Waals surface area contributed by atoms with E-state index in [9.17, 15) is 9.59 Å². The van der Waals surface area contributed by atoms with Crippen molar-refractivity contribution in [2.24, 2.45) is 10.2 Å². The van der Waals surface area contributed by atoms with E-state index in [1.165, 1.54) is 13.8 Å². The topological polar surface area (TPSA) is 106 Å². The van der Waals surface area contributed by atoms with E-state index in [0.29, 0.717) is 0 Å². The largest absolute Gasteiger partial charge is 0.281 e. The van der Waals surface area contributed by atoms with Crippen LogP contribution in [0, 0.1) is 22.7 Å². The van der Waals surface area contributed by atoms with Crippen molar-refractivity contribution in [1.82, 2.24) is 0 Å². The molecule has 0 bridgehead atoms. The maximum Gasteiger partial charge on any atom is 0.225 e. The summed E-state index contributed by atoms with van der Waals surface area (Å²) in [6.45, 7) is 2.69. The molecule has 0 saturated carbocycles. The van der Waals surface area contributed by atoms with Crippen LogP contribution in [0.15, 0.2) is 10.2 Å². The highest BCUT2D eigenvalue weighted by Gasteiger charge is 2.31. The van der Waals surface area contributed by atoms with E-state index in [-0.39, 0.29) is 12.8 Å². The fourth-order valence-electron chi connectivity index (χ4n) is 0.956. The van der Waals surface area contributed by atoms with Gasteiger partial charge >= 0.3 is 0 Å². The monoisotopic (exact) mass is 288 g/mol. The number of rotatable bonds is 6. The quantitative estimate of drug-likeness (QED) is 0.552. The molecule has 2 unspecified atom stereocenters. The Morgan fingerprint density at radius 2 is 1.28 bits per heavy atom. The smallest absolute Gasteiger partial charge is 0.225 e. The zero-order chi connectivity index (χ0) is 14.4. The first-order valence-electron chi connectivity index (χ1n) is 4.79. The Labute approximate surface area is 114 Å². The SMILES string of the molecule is CC(C#N)(CC(=O)Cl)N=NC(C)(C#N)CC(=O)Cl. The van der Waals surface area contributed by atoms with Crippen molar-refractivity contribution in [3.8, 4) is 12.1 Å². The molecular formula is C10H10Cl2N4O2. The van der Waals surface area contributed by atoms with E-state index >= 15 is 0 Å². The van der Waals surface area contributed by atoms with Gasteiger partial charge in [-0.25, -0.2) is 0 Å². The average molecular weight is 289 g/mol. The second-order valence-electron chi connectivity index (χ2n) is 4.04. The predicted octanol–water partition coefficient (Wildman–Crippen LogP) is 2.31. The van der Waals surface area contributed by atoms with Gasteiger partial charge in [0.15, 0.2) is 11.1 Å². The minimum absolute atomic E-state index is 0.342. The van der Waals surface area contributed by atoms with Crippen molar-refractivity contribution < 1.29 is 9.59 Å². The van der Waals surface area contributed by atoms with Gasteiger partial charge in [-0.15, -0.1) is 0 Å². The van der Waals surface area contributed by atoms with Crippen LogP contribution < -0.4 is 0 Å². The van der Waals surface area contributed by atoms with E-state index in [4.69, 9.17) is 33.7 Å². The van der Waals surface area contributed by atoms with Gasteiger partial charge in [-0.3, -0.25) is 9.59 Å². The number of halogens is 2. The third-order valence-electron chi connectivity index (χ3n) is 1.94. The molecule has 0 aliphatic carbocycles. The molecule has 0 aromatic carbocycles. The summed E-state index contributed by atoms with van der Waals surface area (Å²) in [6.07, 6.45) is -0.685. The van der Waals surface area contributed by atoms with Crippen molar-refractivity contribution >= 4 is 33.7 Å². The molecule has 0 spiro atoms. The summed E-state index contributed by atoms with van der Waals surface area (Å²) in [5.74, 6) is 0. The first kappa shape index (κ1) is 16.5. The van der Waals surface area contributed by atoms with E-state index in [1.54, 1.807) is 12.1 Å². The summed E-state index contributed by atoms with van der Waals surface area (Å²) in [5.41, 5.74) is -2.93. The van der Waals surface area contributed by atoms with Crippen LogP contribution in [0.1, 0.15) is 26.7 Å². The average Bonchev–Trinajstić information content (AvgIpc) is 2.25. The number of hydrogen-bond acceptors (Lipinski definition) is 6. The molecule has 0 aliphatic heterocycles. The molecule has 2 atom stereocenters. The summed E-state index contributed by atoms with van der Waals surface area (Å²) in [6, 6.07) is 3.53. The highest BCUT2D eigenvalue weighted by molar-refractivity contribution is 6.63. The van der Waals surface area contributed by atoms with Crippen LogP contribution in [0.25, 0.3) is 0 Å². The number of nitrogens with zero attached hydrogens (tertiary/aromatic N) is 4. The standard InChI is InChI=1S/C10H10Cl2N4O2/c1-9(5-13,3-7(11)17)15-16-10(2,6-14)4-8(12)18/h3-4H2,1-2H3. The second-order valence-corrected chi connectivity index (χ2v) is 4.88. The number of azo groups is 1. The van der Waals surface area contributed by atoms with Gasteiger partial charge in [0, 0.05) is 0 Å². The molecule has 0 fully saturated rings. The first-order valence-corrected chi connectivity index (χ1v) is 5.55. The van der Waals surface area contributed by atoms with Gasteiger partial charge in [0.1, 0.15) is 0 Å². The Kier molecular flexibility index (Phi) is 5.90. The maximum absolute atomic E-state index is 10.8. The van der Waals surface area contributed by atoms with Crippen LogP contribution in [0.3, 0.4) is 0 Å². The highest BCUT2D eigenvalue weighted by atomic mass is 35.5. The van der Waals surface area contributed by atoms with Gasteiger partial charge in [-0.1, -0.05) is 0 Å². The molecule has 0 N–H and O–H groups in total. The Hall–Kier alpha value is -1.50. The van der Waals surface area contributed by atoms with Crippen LogP contribution in [0.4, 0.5) is 0 Å². The number of nitriles is 2. The first-order chi connectivity index (χ1) is 8.16. The van der Waals surface area contributed by atoms with Crippen LogP contribution in [0.2, 0.25) is 0 Å². The van der Waals surface area contributed by atoms with E-state index < -0.39 is 21.6 Å². The predicted molar refractivity (Wildman–Crippen MR) is 63.8 cm³/mol. The van der Waals surface area contributed by atoms with E-state index in [2.05, 4.69) is 10.2 Å². The van der Waals surface area contributed by atoms with Crippen molar-refractivity contribution in [2.75, 3.05) is 0 Å². The lowest BCUT2D eigenvalue weighted by molar-refractivity contribution is -0.113. The molecule has 0 radical (unpaired) electrons. The zero-order valence-electron chi connectivity index (χ0n) is 9.78. The van der Waals surface area contributed by atoms with Crippen molar-refractivity contribution in [3.63, 3.8) is 0 Å². The summed E-state index contributed by atoms with van der Waals surface area (Å²) in [5, 5.41) is 23.6. The van der Waals surface area contributed by atoms with Crippen LogP contribution in [-0.4, -0.2) is 21.6 Å². The molecule has 8 heteroatoms. The number of carbonyl (C=O) groups excluding carboxylic acids is 2. The molecule has 0 aromatic rings. The summed E-state index contributed by atoms with van der Waals surface area (Å²) in [7, 11) is 0. The molecular weight excluding hydrogens is 279 g/mol. The molecule has 0 amide bonds. The third kappa shape index (κ3) is 5.72. The molecule has 18 heavy (non-hydrogen) atoms. The molecule has 0 aromatic heterocycles. The van der Waals surface area contributed by atoms with E-state index in [0.717, 1.165) is 0 Å². The van der Waals surface area contributed by atoms with E-state index in [1.807, 2.05) is 0 Å². The second kappa shape index (κ2) is 6.44. The highest BCUT2D eigenvalue weighted by Crippen LogP contribution is 2.22. The van der Waals surface area contributed by atoms with Crippen LogP contribution in [0.5, 0.6) is 0 Å². The van der Waals surface area contributed by atoms with Crippen molar-refractivity contribution in [3.05, 3.63) is 0 Å². The third-order valence-corrected chi connectivity index (χ3v) is 2.21. The van der Waals surface area contributed by atoms with Gasteiger partial charge in [-0.05, 0) is 37.0 Å². The zero-order valence-corrected chi connectivity index (χ0v) is 11.3. The lowest BCUT2D eigenvalue weighted by atomic mass is 10.0. The fraction of sp³-hybridized carbons (Fsp3) is 0.600. The van der Waals surface area contributed by atoms with Crippen molar-refractivity contribution in [2.45, 2.75) is 37.8 Å². The molecule has 96 valence electrons. The Bertz CT molecular complexity index is 423. The summed E-state index contributed by atoms with van der Waals surface area (Å²) in [4.78, 5) is 21.5. The van der Waals surface area contributed by atoms with Gasteiger partial charge in [0.25, 0.3) is 0 Å². The van der Waals surface area contributed by atoms with Gasteiger partial charge in [0.05, 0.1) is 25.0 Å². The number of carbonyl (C=O) groups is 2. The summed E-state index contributed by atoms with van der Waals surface area (Å²) >= 11 is 10.4. The van der Waals surface area contributed by atoms with Gasteiger partial charge in [0.2, 0.25) is 10.5 Å². The van der Waals surface area contributed by atoms with Crippen LogP contribution in [-0.2, 0) is 9.59 Å². The Balaban J connectivity index is 5.10. The van der Waals surface area contributed by atoms with Gasteiger partial charge < -0.3 is 0 Å². The normalized spacial score (nSPS) is 17.2. The van der Waals surface area contributed by atoms with Crippen LogP contribution >= 0.6 is 23.2 Å². The molecule has 0 aliphatic rings. The van der Waals surface area contributed by atoms with Crippen molar-refractivity contribution in [1.29, 1.82) is 10.5 Å². The maximum atomic E-state index is 10.8. The van der Waals surface area contributed by atoms with Gasteiger partial charge in [-0.2, -0.15) is 20.8 Å². The minimum atomic E-state index is -1.47. The Morgan fingerprint density at radius 1 is 1.00 bits per heavy atom. The summed E-state index contributed by atoms with van der Waals surface area (Å²) < 4.78 is 0. The molecule has 0 rings (SSSR count). The Morgan fingerprint density at radius 3 is 1.44 bits per heavy atom. The number of hydrogen-bond donors (Lipinski definition) is 0. The molecule has 0 heterocycles. The molecule has 6 nitrogen and oxygen atoms in total. The molecule has 0 saturated heterocycles.